The molecule has 8 nitrogen and oxygen atoms in total. The standard InChI is InChI=1S/C26H27BrClN3O5S/c1-17-9-18(2)11-21(10-17)31(37(4,33)34)15-25(32)30-29-14-19-12-22(27)26(24(13-19)35-3)36-16-20-7-5-6-8-23(20)28/h5-14H,15-16H2,1-4H3,(H,30,32)/b29-14-. The van der Waals surface area contributed by atoms with Crippen molar-refractivity contribution >= 4 is 55.4 Å². The highest BCUT2D eigenvalue weighted by molar-refractivity contribution is 9.10. The first-order chi connectivity index (χ1) is 17.5. The van der Waals surface area contributed by atoms with Gasteiger partial charge in [-0.05, 0) is 76.8 Å². The SMILES string of the molecule is COc1cc(/C=N\NC(=O)CN(c2cc(C)cc(C)c2)S(C)(=O)=O)cc(Br)c1OCc1ccccc1Cl. The maximum atomic E-state index is 12.5. The molecule has 3 rings (SSSR count). The lowest BCUT2D eigenvalue weighted by atomic mass is 10.1. The van der Waals surface area contributed by atoms with Crippen molar-refractivity contribution in [2.45, 2.75) is 20.5 Å². The number of methoxy groups -OCH3 is 1. The molecule has 1 amide bonds. The molecule has 0 saturated heterocycles. The van der Waals surface area contributed by atoms with Gasteiger partial charge in [0.1, 0.15) is 13.2 Å². The quantitative estimate of drug-likeness (QED) is 0.251. The Morgan fingerprint density at radius 2 is 1.81 bits per heavy atom. The zero-order chi connectivity index (χ0) is 27.2. The Hall–Kier alpha value is -3.08. The van der Waals surface area contributed by atoms with Crippen LogP contribution in [-0.2, 0) is 21.4 Å². The molecule has 0 saturated carbocycles. The molecule has 3 aromatic carbocycles. The average Bonchev–Trinajstić information content (AvgIpc) is 2.81. The first-order valence-corrected chi connectivity index (χ1v) is 14.1. The Morgan fingerprint density at radius 1 is 1.14 bits per heavy atom. The number of amides is 1. The predicted molar refractivity (Wildman–Crippen MR) is 150 cm³/mol. The van der Waals surface area contributed by atoms with Crippen molar-refractivity contribution in [1.29, 1.82) is 0 Å². The van der Waals surface area contributed by atoms with Gasteiger partial charge in [-0.3, -0.25) is 9.10 Å². The molecule has 11 heteroatoms. The molecule has 196 valence electrons. The van der Waals surface area contributed by atoms with Crippen molar-refractivity contribution in [2.24, 2.45) is 5.10 Å². The third-order valence-electron chi connectivity index (χ3n) is 5.17. The van der Waals surface area contributed by atoms with Crippen LogP contribution in [0.5, 0.6) is 11.5 Å². The normalized spacial score (nSPS) is 11.4. The number of nitrogens with one attached hydrogen (secondary N) is 1. The van der Waals surface area contributed by atoms with Gasteiger partial charge in [0, 0.05) is 10.6 Å². The van der Waals surface area contributed by atoms with E-state index in [0.717, 1.165) is 27.3 Å². The summed E-state index contributed by atoms with van der Waals surface area (Å²) in [5.74, 6) is 0.347. The van der Waals surface area contributed by atoms with Crippen molar-refractivity contribution in [3.8, 4) is 11.5 Å². The van der Waals surface area contributed by atoms with Crippen molar-refractivity contribution in [1.82, 2.24) is 5.43 Å². The van der Waals surface area contributed by atoms with E-state index in [9.17, 15) is 13.2 Å². The number of hydrazone groups is 1. The second kappa shape index (κ2) is 12.4. The largest absolute Gasteiger partial charge is 0.493 e. The number of halogens is 2. The van der Waals surface area contributed by atoms with Gasteiger partial charge in [-0.1, -0.05) is 35.9 Å². The Labute approximate surface area is 230 Å². The van der Waals surface area contributed by atoms with Crippen molar-refractivity contribution < 1.29 is 22.7 Å². The molecule has 0 spiro atoms. The van der Waals surface area contributed by atoms with Crippen LogP contribution in [0.2, 0.25) is 5.02 Å². The van der Waals surface area contributed by atoms with Crippen molar-refractivity contribution in [3.63, 3.8) is 0 Å². The number of hydrogen-bond donors (Lipinski definition) is 1. The van der Waals surface area contributed by atoms with Crippen LogP contribution in [0.4, 0.5) is 5.69 Å². The van der Waals surface area contributed by atoms with Gasteiger partial charge in [0.25, 0.3) is 5.91 Å². The van der Waals surface area contributed by atoms with E-state index >= 15 is 0 Å². The molecule has 0 heterocycles. The Kier molecular flexibility index (Phi) is 9.58. The van der Waals surface area contributed by atoms with E-state index in [1.165, 1.54) is 13.3 Å². The van der Waals surface area contributed by atoms with Gasteiger partial charge in [-0.15, -0.1) is 0 Å². The average molecular weight is 609 g/mol. The van der Waals surface area contributed by atoms with Crippen molar-refractivity contribution in [2.75, 3.05) is 24.2 Å². The van der Waals surface area contributed by atoms with Crippen LogP contribution < -0.4 is 19.2 Å². The summed E-state index contributed by atoms with van der Waals surface area (Å²) in [6, 6.07) is 16.2. The van der Waals surface area contributed by atoms with Gasteiger partial charge in [0.2, 0.25) is 10.0 Å². The number of rotatable bonds is 10. The Bertz CT molecular complexity index is 1410. The van der Waals surface area contributed by atoms with Crippen LogP contribution in [0.1, 0.15) is 22.3 Å². The van der Waals surface area contributed by atoms with Crippen LogP contribution in [-0.4, -0.2) is 40.4 Å². The molecule has 0 atom stereocenters. The molecule has 3 aromatic rings. The smallest absolute Gasteiger partial charge is 0.260 e. The van der Waals surface area contributed by atoms with E-state index in [2.05, 4.69) is 26.5 Å². The number of sulfonamides is 1. The highest BCUT2D eigenvalue weighted by Crippen LogP contribution is 2.37. The van der Waals surface area contributed by atoms with Gasteiger partial charge >= 0.3 is 0 Å². The van der Waals surface area contributed by atoms with E-state index in [4.69, 9.17) is 21.1 Å². The minimum absolute atomic E-state index is 0.245. The summed E-state index contributed by atoms with van der Waals surface area (Å²) in [5, 5.41) is 4.58. The number of nitrogens with zero attached hydrogens (tertiary/aromatic N) is 2. The van der Waals surface area contributed by atoms with E-state index in [0.29, 0.717) is 32.2 Å². The van der Waals surface area contributed by atoms with Gasteiger partial charge in [-0.2, -0.15) is 5.10 Å². The molecular formula is C26H27BrClN3O5S. The minimum Gasteiger partial charge on any atom is -0.493 e. The lowest BCUT2D eigenvalue weighted by Crippen LogP contribution is -2.39. The van der Waals surface area contributed by atoms with Crippen LogP contribution in [0, 0.1) is 13.8 Å². The maximum absolute atomic E-state index is 12.5. The van der Waals surface area contributed by atoms with E-state index < -0.39 is 22.5 Å². The zero-order valence-corrected chi connectivity index (χ0v) is 23.9. The highest BCUT2D eigenvalue weighted by atomic mass is 79.9. The summed E-state index contributed by atoms with van der Waals surface area (Å²) in [4.78, 5) is 12.5. The summed E-state index contributed by atoms with van der Waals surface area (Å²) in [5.41, 5.74) is 6.02. The molecular weight excluding hydrogens is 582 g/mol. The summed E-state index contributed by atoms with van der Waals surface area (Å²) in [6.07, 6.45) is 2.48. The third-order valence-corrected chi connectivity index (χ3v) is 7.26. The van der Waals surface area contributed by atoms with Gasteiger partial charge in [0.15, 0.2) is 11.5 Å². The van der Waals surface area contributed by atoms with Gasteiger partial charge in [0.05, 0.1) is 29.7 Å². The molecule has 0 aliphatic carbocycles. The number of benzene rings is 3. The number of carbonyl (C=O) groups is 1. The minimum atomic E-state index is -3.70. The monoisotopic (exact) mass is 607 g/mol. The number of hydrogen-bond acceptors (Lipinski definition) is 6. The summed E-state index contributed by atoms with van der Waals surface area (Å²) in [7, 11) is -2.18. The first kappa shape index (κ1) is 28.5. The number of aryl methyl sites for hydroxylation is 2. The molecule has 0 aromatic heterocycles. The predicted octanol–water partition coefficient (Wildman–Crippen LogP) is 5.22. The fourth-order valence-corrected chi connectivity index (χ4v) is 5.16. The highest BCUT2D eigenvalue weighted by Gasteiger charge is 2.21. The Balaban J connectivity index is 1.70. The van der Waals surface area contributed by atoms with Crippen LogP contribution in [0.25, 0.3) is 0 Å². The number of anilines is 1. The first-order valence-electron chi connectivity index (χ1n) is 11.1. The van der Waals surface area contributed by atoms with E-state index in [-0.39, 0.29) is 6.61 Å². The fraction of sp³-hybridized carbons (Fsp3) is 0.231. The maximum Gasteiger partial charge on any atom is 0.260 e. The molecule has 0 aliphatic heterocycles. The lowest BCUT2D eigenvalue weighted by molar-refractivity contribution is -0.119. The molecule has 1 N–H and O–H groups in total. The molecule has 37 heavy (non-hydrogen) atoms. The van der Waals surface area contributed by atoms with E-state index in [1.54, 1.807) is 30.3 Å². The van der Waals surface area contributed by atoms with E-state index in [1.807, 2.05) is 38.1 Å². The van der Waals surface area contributed by atoms with Gasteiger partial charge < -0.3 is 9.47 Å². The number of ether oxygens (including phenoxy) is 2. The lowest BCUT2D eigenvalue weighted by Gasteiger charge is -2.22. The fourth-order valence-electron chi connectivity index (χ4n) is 3.56. The Morgan fingerprint density at radius 3 is 2.43 bits per heavy atom. The topological polar surface area (TPSA) is 97.3 Å². The molecule has 0 fully saturated rings. The molecule has 0 bridgehead atoms. The van der Waals surface area contributed by atoms with Crippen molar-refractivity contribution in [3.05, 3.63) is 86.3 Å². The third kappa shape index (κ3) is 7.95. The molecule has 0 aliphatic rings. The second-order valence-corrected chi connectivity index (χ2v) is 11.5. The van der Waals surface area contributed by atoms with Gasteiger partial charge in [-0.25, -0.2) is 13.8 Å². The van der Waals surface area contributed by atoms with Crippen LogP contribution >= 0.6 is 27.5 Å². The van der Waals surface area contributed by atoms with Crippen LogP contribution in [0.3, 0.4) is 0 Å². The summed E-state index contributed by atoms with van der Waals surface area (Å²) in [6.45, 7) is 3.55. The van der Waals surface area contributed by atoms with Crippen LogP contribution in [0.15, 0.2) is 64.2 Å². The molecule has 0 radical (unpaired) electrons. The molecule has 0 unspecified atom stereocenters. The number of carbonyl (C=O) groups excluding carboxylic acids is 1. The summed E-state index contributed by atoms with van der Waals surface area (Å²) < 4.78 is 37.8. The second-order valence-electron chi connectivity index (χ2n) is 8.32. The zero-order valence-electron chi connectivity index (χ0n) is 20.8. The summed E-state index contributed by atoms with van der Waals surface area (Å²) >= 11 is 9.69.